The van der Waals surface area contributed by atoms with Crippen molar-refractivity contribution in [2.75, 3.05) is 11.9 Å². The van der Waals surface area contributed by atoms with Gasteiger partial charge in [0.15, 0.2) is 6.61 Å². The molecule has 8 heteroatoms. The van der Waals surface area contributed by atoms with Crippen molar-refractivity contribution in [1.82, 2.24) is 9.97 Å². The molecule has 0 radical (unpaired) electrons. The van der Waals surface area contributed by atoms with Crippen LogP contribution < -0.4 is 10.1 Å². The smallest absolute Gasteiger partial charge is 0.341 e. The van der Waals surface area contributed by atoms with Crippen LogP contribution in [0.2, 0.25) is 5.02 Å². The van der Waals surface area contributed by atoms with Crippen molar-refractivity contribution < 1.29 is 19.4 Å². The molecule has 0 bridgehead atoms. The van der Waals surface area contributed by atoms with Crippen molar-refractivity contribution in [1.29, 1.82) is 0 Å². The second kappa shape index (κ2) is 7.74. The fourth-order valence-corrected chi connectivity index (χ4v) is 2.24. The van der Waals surface area contributed by atoms with E-state index in [1.807, 2.05) is 13.8 Å². The molecule has 0 saturated heterocycles. The number of halogens is 1. The van der Waals surface area contributed by atoms with Gasteiger partial charge in [0.25, 0.3) is 5.91 Å². The lowest BCUT2D eigenvalue weighted by molar-refractivity contribution is -0.139. The lowest BCUT2D eigenvalue weighted by Gasteiger charge is -2.12. The van der Waals surface area contributed by atoms with Crippen LogP contribution in [0.4, 0.5) is 5.69 Å². The molecular weight excluding hydrogens is 334 g/mol. The normalized spacial score (nSPS) is 10.5. The fourth-order valence-electron chi connectivity index (χ4n) is 2.01. The van der Waals surface area contributed by atoms with Gasteiger partial charge < -0.3 is 15.2 Å². The van der Waals surface area contributed by atoms with Gasteiger partial charge in [-0.05, 0) is 24.1 Å². The van der Waals surface area contributed by atoms with Gasteiger partial charge in [0.2, 0.25) is 0 Å². The van der Waals surface area contributed by atoms with Gasteiger partial charge in [-0.3, -0.25) is 4.79 Å². The Bertz CT molecular complexity index is 765. The Balaban J connectivity index is 2.15. The second-order valence-electron chi connectivity index (χ2n) is 5.26. The number of nitrogens with one attached hydrogen (secondary N) is 1. The number of aliphatic carboxylic acids is 1. The molecule has 1 heterocycles. The van der Waals surface area contributed by atoms with E-state index in [1.165, 1.54) is 24.7 Å². The highest BCUT2D eigenvalue weighted by Crippen LogP contribution is 2.28. The number of carbonyl (C=O) groups is 2. The molecule has 0 spiro atoms. The van der Waals surface area contributed by atoms with Crippen molar-refractivity contribution >= 4 is 29.2 Å². The number of rotatable bonds is 6. The van der Waals surface area contributed by atoms with E-state index in [0.717, 1.165) is 0 Å². The summed E-state index contributed by atoms with van der Waals surface area (Å²) < 4.78 is 5.03. The molecular formula is C16H16ClN3O4. The van der Waals surface area contributed by atoms with Crippen molar-refractivity contribution in [2.24, 2.45) is 0 Å². The monoisotopic (exact) mass is 349 g/mol. The standard InChI is InChI=1S/C16H16ClN3O4/c1-9(2)15-11(6-18-8-19-15)16(23)20-10-3-4-13(12(17)5-10)24-7-14(21)22/h3-6,8-9H,7H2,1-2H3,(H,20,23)(H,21,22). The maximum absolute atomic E-state index is 12.4. The van der Waals surface area contributed by atoms with Gasteiger partial charge in [-0.1, -0.05) is 25.4 Å². The fraction of sp³-hybridized carbons (Fsp3) is 0.250. The summed E-state index contributed by atoms with van der Waals surface area (Å²) in [5.41, 5.74) is 1.48. The summed E-state index contributed by atoms with van der Waals surface area (Å²) in [4.78, 5) is 30.9. The molecule has 2 N–H and O–H groups in total. The molecule has 24 heavy (non-hydrogen) atoms. The van der Waals surface area contributed by atoms with E-state index in [9.17, 15) is 9.59 Å². The van der Waals surface area contributed by atoms with Crippen LogP contribution >= 0.6 is 11.6 Å². The summed E-state index contributed by atoms with van der Waals surface area (Å²) in [5, 5.41) is 11.5. The van der Waals surface area contributed by atoms with Crippen molar-refractivity contribution in [3.05, 3.63) is 47.0 Å². The molecule has 1 aromatic carbocycles. The Morgan fingerprint density at radius 1 is 1.38 bits per heavy atom. The van der Waals surface area contributed by atoms with Crippen LogP contribution in [0.3, 0.4) is 0 Å². The van der Waals surface area contributed by atoms with Crippen LogP contribution in [0.1, 0.15) is 35.8 Å². The molecule has 2 rings (SSSR count). The molecule has 0 fully saturated rings. The van der Waals surface area contributed by atoms with Crippen molar-refractivity contribution in [3.8, 4) is 5.75 Å². The summed E-state index contributed by atoms with van der Waals surface area (Å²) in [5.74, 6) is -1.16. The summed E-state index contributed by atoms with van der Waals surface area (Å²) in [6.45, 7) is 3.37. The number of benzene rings is 1. The van der Waals surface area contributed by atoms with E-state index in [1.54, 1.807) is 6.07 Å². The predicted molar refractivity (Wildman–Crippen MR) is 88.7 cm³/mol. The van der Waals surface area contributed by atoms with Gasteiger partial charge >= 0.3 is 5.97 Å². The SMILES string of the molecule is CC(C)c1ncncc1C(=O)Nc1ccc(OCC(=O)O)c(Cl)c1. The predicted octanol–water partition coefficient (Wildman–Crippen LogP) is 2.97. The van der Waals surface area contributed by atoms with Gasteiger partial charge in [0.1, 0.15) is 12.1 Å². The largest absolute Gasteiger partial charge is 0.480 e. The molecule has 1 amide bonds. The molecule has 0 atom stereocenters. The van der Waals surface area contributed by atoms with Gasteiger partial charge in [-0.15, -0.1) is 0 Å². The first-order valence-corrected chi connectivity index (χ1v) is 7.51. The molecule has 2 aromatic rings. The highest BCUT2D eigenvalue weighted by atomic mass is 35.5. The van der Waals surface area contributed by atoms with Gasteiger partial charge in [-0.25, -0.2) is 14.8 Å². The van der Waals surface area contributed by atoms with Crippen LogP contribution in [-0.2, 0) is 4.79 Å². The van der Waals surface area contributed by atoms with Crippen LogP contribution in [-0.4, -0.2) is 33.6 Å². The number of carboxylic acid groups (broad SMARTS) is 1. The van der Waals surface area contributed by atoms with E-state index in [0.29, 0.717) is 16.9 Å². The zero-order chi connectivity index (χ0) is 17.7. The van der Waals surface area contributed by atoms with Crippen LogP contribution in [0, 0.1) is 0 Å². The van der Waals surface area contributed by atoms with Crippen LogP contribution in [0.15, 0.2) is 30.7 Å². The van der Waals surface area contributed by atoms with Crippen molar-refractivity contribution in [3.63, 3.8) is 0 Å². The number of hydrogen-bond acceptors (Lipinski definition) is 5. The summed E-state index contributed by atoms with van der Waals surface area (Å²) >= 11 is 6.03. The number of ether oxygens (including phenoxy) is 1. The lowest BCUT2D eigenvalue weighted by Crippen LogP contribution is -2.16. The first-order chi connectivity index (χ1) is 11.4. The minimum atomic E-state index is -1.10. The van der Waals surface area contributed by atoms with Gasteiger partial charge in [-0.2, -0.15) is 0 Å². The van der Waals surface area contributed by atoms with Gasteiger partial charge in [0.05, 0.1) is 16.3 Å². The van der Waals surface area contributed by atoms with E-state index in [-0.39, 0.29) is 22.6 Å². The van der Waals surface area contributed by atoms with Crippen LogP contribution in [0.5, 0.6) is 5.75 Å². The summed E-state index contributed by atoms with van der Waals surface area (Å²) in [6.07, 6.45) is 2.86. The van der Waals surface area contributed by atoms with Gasteiger partial charge in [0, 0.05) is 11.9 Å². The minimum Gasteiger partial charge on any atom is -0.480 e. The topological polar surface area (TPSA) is 101 Å². The number of amides is 1. The maximum atomic E-state index is 12.4. The molecule has 1 aromatic heterocycles. The maximum Gasteiger partial charge on any atom is 0.341 e. The minimum absolute atomic E-state index is 0.0733. The zero-order valence-corrected chi connectivity index (χ0v) is 13.9. The second-order valence-corrected chi connectivity index (χ2v) is 5.67. The van der Waals surface area contributed by atoms with Crippen molar-refractivity contribution in [2.45, 2.75) is 19.8 Å². The Morgan fingerprint density at radius 2 is 2.12 bits per heavy atom. The third-order valence-electron chi connectivity index (χ3n) is 3.08. The molecule has 0 unspecified atom stereocenters. The molecule has 0 saturated carbocycles. The first-order valence-electron chi connectivity index (χ1n) is 7.14. The van der Waals surface area contributed by atoms with E-state index in [2.05, 4.69) is 15.3 Å². The number of carbonyl (C=O) groups excluding carboxylic acids is 1. The zero-order valence-electron chi connectivity index (χ0n) is 13.1. The third-order valence-corrected chi connectivity index (χ3v) is 3.37. The Morgan fingerprint density at radius 3 is 2.75 bits per heavy atom. The highest BCUT2D eigenvalue weighted by molar-refractivity contribution is 6.32. The van der Waals surface area contributed by atoms with E-state index < -0.39 is 12.6 Å². The highest BCUT2D eigenvalue weighted by Gasteiger charge is 2.16. The first kappa shape index (κ1) is 17.7. The number of nitrogens with zero attached hydrogens (tertiary/aromatic N) is 2. The van der Waals surface area contributed by atoms with E-state index >= 15 is 0 Å². The average molecular weight is 350 g/mol. The third kappa shape index (κ3) is 4.42. The summed E-state index contributed by atoms with van der Waals surface area (Å²) in [7, 11) is 0. The Hall–Kier alpha value is -2.67. The quantitative estimate of drug-likeness (QED) is 0.831. The Labute approximate surface area is 143 Å². The van der Waals surface area contributed by atoms with E-state index in [4.69, 9.17) is 21.4 Å². The molecule has 7 nitrogen and oxygen atoms in total. The molecule has 126 valence electrons. The van der Waals surface area contributed by atoms with Crippen LogP contribution in [0.25, 0.3) is 0 Å². The molecule has 0 aliphatic carbocycles. The number of aromatic nitrogens is 2. The number of hydrogen-bond donors (Lipinski definition) is 2. The number of anilines is 1. The lowest BCUT2D eigenvalue weighted by atomic mass is 10.0. The average Bonchev–Trinajstić information content (AvgIpc) is 2.53. The number of carboxylic acids is 1. The summed E-state index contributed by atoms with van der Waals surface area (Å²) in [6, 6.07) is 4.54. The molecule has 0 aliphatic rings. The Kier molecular flexibility index (Phi) is 5.70. The molecule has 0 aliphatic heterocycles.